The first kappa shape index (κ1) is 24.3. The molecule has 0 aromatic carbocycles. The summed E-state index contributed by atoms with van der Waals surface area (Å²) in [5.41, 5.74) is 2.20. The molecule has 32 heavy (non-hydrogen) atoms. The topological polar surface area (TPSA) is 86.0 Å². The van der Waals surface area contributed by atoms with Crippen molar-refractivity contribution in [2.24, 2.45) is 5.92 Å². The number of aryl methyl sites for hydroxylation is 1. The first-order chi connectivity index (χ1) is 15.2. The molecule has 8 nitrogen and oxygen atoms in total. The molecule has 2 fully saturated rings. The molecule has 2 aliphatic rings. The van der Waals surface area contributed by atoms with Crippen LogP contribution in [0.3, 0.4) is 0 Å². The number of likely N-dealkylation sites (tertiary alicyclic amines) is 1. The van der Waals surface area contributed by atoms with Crippen LogP contribution >= 0.6 is 0 Å². The Morgan fingerprint density at radius 2 is 1.62 bits per heavy atom. The first-order valence-electron chi connectivity index (χ1n) is 11.9. The monoisotopic (exact) mass is 446 g/mol. The van der Waals surface area contributed by atoms with E-state index in [2.05, 4.69) is 16.8 Å². The summed E-state index contributed by atoms with van der Waals surface area (Å²) in [7, 11) is 0. The third-order valence-corrected chi connectivity index (χ3v) is 6.74. The second-order valence-corrected chi connectivity index (χ2v) is 9.33. The van der Waals surface area contributed by atoms with Gasteiger partial charge in [-0.05, 0) is 58.6 Å². The fourth-order valence-electron chi connectivity index (χ4n) is 4.73. The van der Waals surface area contributed by atoms with Crippen LogP contribution in [-0.2, 0) is 9.53 Å². The first-order valence-corrected chi connectivity index (χ1v) is 11.9. The predicted molar refractivity (Wildman–Crippen MR) is 123 cm³/mol. The molecule has 0 unspecified atom stereocenters. The minimum atomic E-state index is -0.401. The minimum Gasteiger partial charge on any atom is -0.459 e. The third kappa shape index (κ3) is 5.52. The Kier molecular flexibility index (Phi) is 7.98. The number of aromatic nitrogens is 1. The van der Waals surface area contributed by atoms with Gasteiger partial charge in [0.25, 0.3) is 5.91 Å². The summed E-state index contributed by atoms with van der Waals surface area (Å²) in [6.45, 7) is 15.2. The van der Waals surface area contributed by atoms with Crippen LogP contribution in [-0.4, -0.2) is 89.4 Å². The van der Waals surface area contributed by atoms with E-state index in [-0.39, 0.29) is 17.9 Å². The van der Waals surface area contributed by atoms with Gasteiger partial charge in [0.05, 0.1) is 11.7 Å². The lowest BCUT2D eigenvalue weighted by Crippen LogP contribution is -2.49. The van der Waals surface area contributed by atoms with Crippen molar-refractivity contribution >= 4 is 17.8 Å². The van der Waals surface area contributed by atoms with Gasteiger partial charge in [0, 0.05) is 51.4 Å². The molecule has 178 valence electrons. The van der Waals surface area contributed by atoms with E-state index in [4.69, 9.17) is 4.74 Å². The number of likely N-dealkylation sites (N-methyl/N-ethyl adjacent to an activating group) is 1. The van der Waals surface area contributed by atoms with E-state index in [0.717, 1.165) is 45.6 Å². The van der Waals surface area contributed by atoms with Crippen molar-refractivity contribution in [1.82, 2.24) is 19.7 Å². The highest BCUT2D eigenvalue weighted by Gasteiger charge is 2.30. The minimum absolute atomic E-state index is 0.0883. The van der Waals surface area contributed by atoms with Gasteiger partial charge in [-0.2, -0.15) is 0 Å². The molecule has 2 aliphatic heterocycles. The molecular weight excluding hydrogens is 408 g/mol. The molecule has 3 heterocycles. The van der Waals surface area contributed by atoms with E-state index in [1.807, 2.05) is 9.80 Å². The number of piperidine rings is 1. The maximum atomic E-state index is 13.1. The summed E-state index contributed by atoms with van der Waals surface area (Å²) in [5, 5.41) is 0. The van der Waals surface area contributed by atoms with Gasteiger partial charge in [0.2, 0.25) is 5.91 Å². The number of H-pyrrole nitrogens is 1. The van der Waals surface area contributed by atoms with Gasteiger partial charge in [-0.1, -0.05) is 6.92 Å². The van der Waals surface area contributed by atoms with Crippen molar-refractivity contribution in [3.8, 4) is 0 Å². The van der Waals surface area contributed by atoms with Gasteiger partial charge in [-0.15, -0.1) is 0 Å². The molecule has 0 saturated carbocycles. The zero-order chi connectivity index (χ0) is 23.4. The van der Waals surface area contributed by atoms with E-state index in [1.54, 1.807) is 27.7 Å². The van der Waals surface area contributed by atoms with E-state index in [9.17, 15) is 14.4 Å². The summed E-state index contributed by atoms with van der Waals surface area (Å²) in [5.74, 6) is 0.0745. The lowest BCUT2D eigenvalue weighted by Gasteiger charge is -2.36. The normalized spacial score (nSPS) is 18.3. The summed E-state index contributed by atoms with van der Waals surface area (Å²) in [6.07, 6.45) is 2.01. The summed E-state index contributed by atoms with van der Waals surface area (Å²) in [6, 6.07) is 0. The van der Waals surface area contributed by atoms with Gasteiger partial charge in [-0.3, -0.25) is 9.59 Å². The fraction of sp³-hybridized carbons (Fsp3) is 0.708. The van der Waals surface area contributed by atoms with Crippen LogP contribution in [0.1, 0.15) is 72.1 Å². The number of hydrogen-bond acceptors (Lipinski definition) is 5. The van der Waals surface area contributed by atoms with Gasteiger partial charge in [0.1, 0.15) is 5.69 Å². The standard InChI is InChI=1S/C24H38N4O4/c1-6-26-11-13-27(14-12-26)20(29)15-19-7-9-28(10-8-19)23(30)22-17(4)21(18(5)25-22)24(31)32-16(2)3/h16,19,25H,6-15H2,1-5H3. The predicted octanol–water partition coefficient (Wildman–Crippen LogP) is 2.60. The molecule has 1 N–H and O–H groups in total. The Morgan fingerprint density at radius 1 is 1.00 bits per heavy atom. The molecule has 0 aliphatic carbocycles. The number of aromatic amines is 1. The Bertz CT molecular complexity index is 831. The number of nitrogens with one attached hydrogen (secondary N) is 1. The Labute approximate surface area is 191 Å². The molecule has 0 radical (unpaired) electrons. The van der Waals surface area contributed by atoms with Gasteiger partial charge in [0.15, 0.2) is 0 Å². The third-order valence-electron chi connectivity index (χ3n) is 6.74. The lowest BCUT2D eigenvalue weighted by molar-refractivity contribution is -0.134. The molecule has 3 rings (SSSR count). The number of piperazine rings is 1. The molecule has 8 heteroatoms. The molecule has 2 amide bonds. The quantitative estimate of drug-likeness (QED) is 0.679. The van der Waals surface area contributed by atoms with Crippen LogP contribution in [0.5, 0.6) is 0 Å². The number of hydrogen-bond donors (Lipinski definition) is 1. The van der Waals surface area contributed by atoms with Crippen molar-refractivity contribution < 1.29 is 19.1 Å². The molecule has 0 bridgehead atoms. The average molecular weight is 447 g/mol. The van der Waals surface area contributed by atoms with E-state index < -0.39 is 5.97 Å². The fourth-order valence-corrected chi connectivity index (χ4v) is 4.73. The number of rotatable bonds is 6. The smallest absolute Gasteiger partial charge is 0.340 e. The SMILES string of the molecule is CCN1CCN(C(=O)CC2CCN(C(=O)c3[nH]c(C)c(C(=O)OC(C)C)c3C)CC2)CC1. The lowest BCUT2D eigenvalue weighted by atomic mass is 9.92. The van der Waals surface area contributed by atoms with E-state index in [1.165, 1.54) is 0 Å². The van der Waals surface area contributed by atoms with Crippen molar-refractivity contribution in [1.29, 1.82) is 0 Å². The maximum Gasteiger partial charge on any atom is 0.340 e. The zero-order valence-corrected chi connectivity index (χ0v) is 20.2. The van der Waals surface area contributed by atoms with Crippen molar-refractivity contribution in [3.63, 3.8) is 0 Å². The number of ether oxygens (including phenoxy) is 1. The number of carbonyl (C=O) groups is 3. The molecule has 2 saturated heterocycles. The largest absolute Gasteiger partial charge is 0.459 e. The molecule has 0 atom stereocenters. The van der Waals surface area contributed by atoms with Gasteiger partial charge < -0.3 is 24.4 Å². The number of carbonyl (C=O) groups excluding carboxylic acids is 3. The number of amides is 2. The summed E-state index contributed by atoms with van der Waals surface area (Å²) in [4.78, 5) is 47.5. The van der Waals surface area contributed by atoms with Gasteiger partial charge in [-0.25, -0.2) is 4.79 Å². The van der Waals surface area contributed by atoms with Crippen LogP contribution in [0.15, 0.2) is 0 Å². The van der Waals surface area contributed by atoms with Gasteiger partial charge >= 0.3 is 5.97 Å². The van der Waals surface area contributed by atoms with Crippen LogP contribution < -0.4 is 0 Å². The second kappa shape index (κ2) is 10.5. The van der Waals surface area contributed by atoms with E-state index >= 15 is 0 Å². The van der Waals surface area contributed by atoms with E-state index in [0.29, 0.717) is 47.9 Å². The zero-order valence-electron chi connectivity index (χ0n) is 20.2. The highest BCUT2D eigenvalue weighted by atomic mass is 16.5. The summed E-state index contributed by atoms with van der Waals surface area (Å²) < 4.78 is 5.33. The highest BCUT2D eigenvalue weighted by molar-refractivity contribution is 6.00. The highest BCUT2D eigenvalue weighted by Crippen LogP contribution is 2.26. The van der Waals surface area contributed by atoms with Crippen molar-refractivity contribution in [2.45, 2.75) is 60.0 Å². The van der Waals surface area contributed by atoms with Crippen LogP contribution in [0.2, 0.25) is 0 Å². The number of esters is 1. The van der Waals surface area contributed by atoms with Crippen LogP contribution in [0, 0.1) is 19.8 Å². The van der Waals surface area contributed by atoms with Crippen molar-refractivity contribution in [3.05, 3.63) is 22.5 Å². The molecular formula is C24H38N4O4. The van der Waals surface area contributed by atoms with Crippen LogP contribution in [0.4, 0.5) is 0 Å². The second-order valence-electron chi connectivity index (χ2n) is 9.33. The maximum absolute atomic E-state index is 13.1. The van der Waals surface area contributed by atoms with Crippen LogP contribution in [0.25, 0.3) is 0 Å². The average Bonchev–Trinajstić information content (AvgIpc) is 3.07. The summed E-state index contributed by atoms with van der Waals surface area (Å²) >= 11 is 0. The Morgan fingerprint density at radius 3 is 2.19 bits per heavy atom. The Hall–Kier alpha value is -2.35. The Balaban J connectivity index is 1.54. The molecule has 1 aromatic heterocycles. The van der Waals surface area contributed by atoms with Crippen molar-refractivity contribution in [2.75, 3.05) is 45.8 Å². The molecule has 1 aromatic rings. The molecule has 0 spiro atoms. The number of nitrogens with zero attached hydrogens (tertiary/aromatic N) is 3.